The molecular formula is C12H17BrFN. The van der Waals surface area contributed by atoms with Crippen LogP contribution in [0.2, 0.25) is 0 Å². The first-order valence-corrected chi connectivity index (χ1v) is 5.91. The first-order chi connectivity index (χ1) is 6.99. The fourth-order valence-electron chi connectivity index (χ4n) is 1.64. The predicted octanol–water partition coefficient (Wildman–Crippen LogP) is 3.68. The van der Waals surface area contributed by atoms with Crippen molar-refractivity contribution >= 4 is 15.9 Å². The van der Waals surface area contributed by atoms with Gasteiger partial charge in [0.05, 0.1) is 4.47 Å². The van der Waals surface area contributed by atoms with Gasteiger partial charge in [-0.3, -0.25) is 0 Å². The SMILES string of the molecule is CC(C)CN(C)Cc1ccc(F)c(Br)c1. The molecule has 0 fully saturated rings. The molecule has 0 radical (unpaired) electrons. The van der Waals surface area contributed by atoms with E-state index in [1.54, 1.807) is 0 Å². The van der Waals surface area contributed by atoms with Crippen LogP contribution in [0, 0.1) is 11.7 Å². The second-order valence-electron chi connectivity index (χ2n) is 4.34. The minimum absolute atomic E-state index is 0.203. The van der Waals surface area contributed by atoms with Gasteiger partial charge in [-0.25, -0.2) is 4.39 Å². The van der Waals surface area contributed by atoms with Crippen molar-refractivity contribution in [1.82, 2.24) is 4.90 Å². The highest BCUT2D eigenvalue weighted by Gasteiger charge is 2.05. The largest absolute Gasteiger partial charge is 0.302 e. The fourth-order valence-corrected chi connectivity index (χ4v) is 2.06. The van der Waals surface area contributed by atoms with Crippen LogP contribution in [0.25, 0.3) is 0 Å². The quantitative estimate of drug-likeness (QED) is 0.809. The second kappa shape index (κ2) is 5.61. The van der Waals surface area contributed by atoms with E-state index in [1.165, 1.54) is 6.07 Å². The minimum atomic E-state index is -0.203. The molecular weight excluding hydrogens is 257 g/mol. The molecule has 0 aromatic heterocycles. The Morgan fingerprint density at radius 2 is 2.07 bits per heavy atom. The highest BCUT2D eigenvalue weighted by atomic mass is 79.9. The van der Waals surface area contributed by atoms with Crippen molar-refractivity contribution in [3.63, 3.8) is 0 Å². The third-order valence-corrected chi connectivity index (χ3v) is 2.72. The molecule has 0 spiro atoms. The summed E-state index contributed by atoms with van der Waals surface area (Å²) in [6.07, 6.45) is 0. The molecule has 15 heavy (non-hydrogen) atoms. The molecule has 84 valence electrons. The molecule has 0 saturated heterocycles. The van der Waals surface area contributed by atoms with Crippen LogP contribution in [0.4, 0.5) is 4.39 Å². The zero-order chi connectivity index (χ0) is 11.4. The van der Waals surface area contributed by atoms with Crippen LogP contribution in [0.15, 0.2) is 22.7 Å². The van der Waals surface area contributed by atoms with E-state index in [4.69, 9.17) is 0 Å². The van der Waals surface area contributed by atoms with E-state index in [9.17, 15) is 4.39 Å². The van der Waals surface area contributed by atoms with Gasteiger partial charge in [0.15, 0.2) is 0 Å². The topological polar surface area (TPSA) is 3.24 Å². The Bertz CT molecular complexity index is 325. The highest BCUT2D eigenvalue weighted by Crippen LogP contribution is 2.17. The molecule has 0 amide bonds. The lowest BCUT2D eigenvalue weighted by Crippen LogP contribution is -2.22. The van der Waals surface area contributed by atoms with Gasteiger partial charge in [-0.2, -0.15) is 0 Å². The minimum Gasteiger partial charge on any atom is -0.302 e. The maximum Gasteiger partial charge on any atom is 0.137 e. The van der Waals surface area contributed by atoms with Gasteiger partial charge in [-0.1, -0.05) is 19.9 Å². The Morgan fingerprint density at radius 1 is 1.40 bits per heavy atom. The lowest BCUT2D eigenvalue weighted by molar-refractivity contribution is 0.288. The molecule has 1 aromatic carbocycles. The molecule has 0 aliphatic rings. The van der Waals surface area contributed by atoms with Crippen molar-refractivity contribution in [2.24, 2.45) is 5.92 Å². The summed E-state index contributed by atoms with van der Waals surface area (Å²) in [5.74, 6) is 0.448. The summed E-state index contributed by atoms with van der Waals surface area (Å²) in [6, 6.07) is 5.17. The van der Waals surface area contributed by atoms with Gasteiger partial charge in [-0.15, -0.1) is 0 Å². The molecule has 0 aliphatic heterocycles. The van der Waals surface area contributed by atoms with E-state index in [0.717, 1.165) is 18.7 Å². The summed E-state index contributed by atoms with van der Waals surface area (Å²) < 4.78 is 13.5. The summed E-state index contributed by atoms with van der Waals surface area (Å²) >= 11 is 3.19. The molecule has 0 N–H and O–H groups in total. The lowest BCUT2D eigenvalue weighted by Gasteiger charge is -2.19. The normalized spacial score (nSPS) is 11.4. The van der Waals surface area contributed by atoms with Crippen molar-refractivity contribution in [3.8, 4) is 0 Å². The maximum absolute atomic E-state index is 13.0. The summed E-state index contributed by atoms with van der Waals surface area (Å²) in [4.78, 5) is 2.24. The zero-order valence-corrected chi connectivity index (χ0v) is 11.0. The molecule has 1 nitrogen and oxygen atoms in total. The Hall–Kier alpha value is -0.410. The van der Waals surface area contributed by atoms with E-state index < -0.39 is 0 Å². The fraction of sp³-hybridized carbons (Fsp3) is 0.500. The number of benzene rings is 1. The Balaban J connectivity index is 2.60. The van der Waals surface area contributed by atoms with Crippen LogP contribution in [0.3, 0.4) is 0 Å². The zero-order valence-electron chi connectivity index (χ0n) is 9.43. The van der Waals surface area contributed by atoms with Gasteiger partial charge in [-0.05, 0) is 46.6 Å². The van der Waals surface area contributed by atoms with E-state index in [-0.39, 0.29) is 5.82 Å². The van der Waals surface area contributed by atoms with Crippen LogP contribution in [0.5, 0.6) is 0 Å². The van der Waals surface area contributed by atoms with E-state index in [1.807, 2.05) is 12.1 Å². The van der Waals surface area contributed by atoms with Crippen molar-refractivity contribution < 1.29 is 4.39 Å². The molecule has 0 unspecified atom stereocenters. The van der Waals surface area contributed by atoms with Gasteiger partial charge < -0.3 is 4.90 Å². The number of hydrogen-bond acceptors (Lipinski definition) is 1. The van der Waals surface area contributed by atoms with Gasteiger partial charge in [0, 0.05) is 13.1 Å². The van der Waals surface area contributed by atoms with Gasteiger partial charge in [0.25, 0.3) is 0 Å². The first-order valence-electron chi connectivity index (χ1n) is 5.11. The van der Waals surface area contributed by atoms with Gasteiger partial charge in [0.1, 0.15) is 5.82 Å². The number of rotatable bonds is 4. The second-order valence-corrected chi connectivity index (χ2v) is 5.19. The summed E-state index contributed by atoms with van der Waals surface area (Å²) in [7, 11) is 2.08. The molecule has 0 atom stereocenters. The summed E-state index contributed by atoms with van der Waals surface area (Å²) in [5, 5.41) is 0. The molecule has 0 aliphatic carbocycles. The Morgan fingerprint density at radius 3 is 2.60 bits per heavy atom. The van der Waals surface area contributed by atoms with Gasteiger partial charge in [0.2, 0.25) is 0 Å². The van der Waals surface area contributed by atoms with Crippen LogP contribution in [-0.4, -0.2) is 18.5 Å². The highest BCUT2D eigenvalue weighted by molar-refractivity contribution is 9.10. The summed E-state index contributed by atoms with van der Waals surface area (Å²) in [6.45, 7) is 6.29. The maximum atomic E-state index is 13.0. The van der Waals surface area contributed by atoms with Crippen molar-refractivity contribution in [3.05, 3.63) is 34.1 Å². The number of nitrogens with zero attached hydrogens (tertiary/aromatic N) is 1. The standard InChI is InChI=1S/C12H17BrFN/c1-9(2)7-15(3)8-10-4-5-12(14)11(13)6-10/h4-6,9H,7-8H2,1-3H3. The predicted molar refractivity (Wildman–Crippen MR) is 65.3 cm³/mol. The van der Waals surface area contributed by atoms with Crippen molar-refractivity contribution in [1.29, 1.82) is 0 Å². The van der Waals surface area contributed by atoms with E-state index >= 15 is 0 Å². The van der Waals surface area contributed by atoms with Crippen molar-refractivity contribution in [2.75, 3.05) is 13.6 Å². The van der Waals surface area contributed by atoms with Crippen molar-refractivity contribution in [2.45, 2.75) is 20.4 Å². The Kier molecular flexibility index (Phi) is 4.74. The van der Waals surface area contributed by atoms with Crippen LogP contribution in [0.1, 0.15) is 19.4 Å². The average molecular weight is 274 g/mol. The van der Waals surface area contributed by atoms with Crippen LogP contribution < -0.4 is 0 Å². The lowest BCUT2D eigenvalue weighted by atomic mass is 10.1. The molecule has 1 rings (SSSR count). The number of halogens is 2. The monoisotopic (exact) mass is 273 g/mol. The average Bonchev–Trinajstić information content (AvgIpc) is 2.10. The van der Waals surface area contributed by atoms with Crippen LogP contribution in [-0.2, 0) is 6.54 Å². The third-order valence-electron chi connectivity index (χ3n) is 2.11. The molecule has 3 heteroatoms. The number of hydrogen-bond donors (Lipinski definition) is 0. The van der Waals surface area contributed by atoms with E-state index in [0.29, 0.717) is 10.4 Å². The first kappa shape index (κ1) is 12.7. The Labute approximate surface area is 99.4 Å². The molecule has 0 heterocycles. The van der Waals surface area contributed by atoms with E-state index in [2.05, 4.69) is 41.7 Å². The smallest absolute Gasteiger partial charge is 0.137 e. The summed E-state index contributed by atoms with van der Waals surface area (Å²) in [5.41, 5.74) is 1.13. The molecule has 0 bridgehead atoms. The third kappa shape index (κ3) is 4.31. The molecule has 1 aromatic rings. The molecule has 0 saturated carbocycles. The van der Waals surface area contributed by atoms with Crippen LogP contribution >= 0.6 is 15.9 Å². The van der Waals surface area contributed by atoms with Gasteiger partial charge >= 0.3 is 0 Å².